The summed E-state index contributed by atoms with van der Waals surface area (Å²) in [7, 11) is 0. The van der Waals surface area contributed by atoms with Crippen LogP contribution in [0, 0.1) is 0 Å². The van der Waals surface area contributed by atoms with Gasteiger partial charge in [-0.1, -0.05) is 236 Å². The summed E-state index contributed by atoms with van der Waals surface area (Å²) >= 11 is 6.79. The molecule has 0 radical (unpaired) electrons. The van der Waals surface area contributed by atoms with E-state index < -0.39 is 0 Å². The molecule has 15 aromatic rings. The second kappa shape index (κ2) is 23.0. The number of aromatic nitrogens is 2. The summed E-state index contributed by atoms with van der Waals surface area (Å²) in [6.45, 7) is 0. The Kier molecular flexibility index (Phi) is 14.0. The highest BCUT2D eigenvalue weighted by molar-refractivity contribution is 6.33. The van der Waals surface area contributed by atoms with Crippen LogP contribution in [0.4, 0.5) is 45.5 Å². The van der Waals surface area contributed by atoms with Gasteiger partial charge in [-0.05, 0) is 120 Å². The van der Waals surface area contributed by atoms with Crippen molar-refractivity contribution in [1.29, 1.82) is 0 Å². The molecule has 1 N–H and O–H groups in total. The second-order valence-electron chi connectivity index (χ2n) is 20.7. The molecule has 0 saturated heterocycles. The van der Waals surface area contributed by atoms with Gasteiger partial charge in [0.15, 0.2) is 0 Å². The number of nitrogens with zero attached hydrogens (tertiary/aromatic N) is 4. The van der Waals surface area contributed by atoms with Gasteiger partial charge in [-0.15, -0.1) is 0 Å². The van der Waals surface area contributed by atoms with E-state index in [9.17, 15) is 0 Å². The number of fused-ring (bicyclic) bond motifs is 6. The Bertz CT molecular complexity index is 4590. The molecule has 0 amide bonds. The van der Waals surface area contributed by atoms with Crippen molar-refractivity contribution in [3.05, 3.63) is 339 Å². The average Bonchev–Trinajstić information content (AvgIpc) is 1.76. The van der Waals surface area contributed by atoms with E-state index in [1.807, 2.05) is 18.2 Å². The summed E-state index contributed by atoms with van der Waals surface area (Å²) in [5.41, 5.74) is 19.9. The van der Waals surface area contributed by atoms with Crippen LogP contribution in [0.2, 0.25) is 5.02 Å². The molecule has 0 spiro atoms. The fourth-order valence-corrected chi connectivity index (χ4v) is 12.2. The largest absolute Gasteiger partial charge is 0.354 e. The molecule has 0 aliphatic carbocycles. The number of para-hydroxylation sites is 9. The zero-order valence-corrected chi connectivity index (χ0v) is 46.7. The standard InChI is InChI=1S/C48H35N3.C30H21ClN2/c1-6-19-35(20-7-1)41-30-18-31-42(36-21-8-2-9-22-36)48(41)49-37-33-45(50(38-23-10-3-11-24-38)39-25-12-4-13-26-39)47-43-29-16-17-32-44(43)51(46(47)34-37)40-27-14-5-15-28-40;31-22-20-28(32(23-12-4-1-5-13-23)24-14-6-2-7-15-24)30-26-18-10-11-19-27(26)33(29(30)21-22)25-16-8-3-9-17-25/h1-34,49H;1-21H. The molecule has 0 saturated carbocycles. The van der Waals surface area contributed by atoms with Gasteiger partial charge < -0.3 is 24.3 Å². The topological polar surface area (TPSA) is 28.4 Å². The maximum atomic E-state index is 6.79. The van der Waals surface area contributed by atoms with Crippen LogP contribution in [0.5, 0.6) is 0 Å². The first-order valence-electron chi connectivity index (χ1n) is 28.4. The molecule has 84 heavy (non-hydrogen) atoms. The quantitative estimate of drug-likeness (QED) is 0.132. The van der Waals surface area contributed by atoms with Gasteiger partial charge in [0.05, 0.1) is 39.1 Å². The van der Waals surface area contributed by atoms with Crippen LogP contribution >= 0.6 is 11.6 Å². The number of rotatable bonds is 12. The lowest BCUT2D eigenvalue weighted by Gasteiger charge is -2.27. The molecular formula is C78H56ClN5. The summed E-state index contributed by atoms with van der Waals surface area (Å²) in [5, 5.41) is 9.47. The van der Waals surface area contributed by atoms with Crippen molar-refractivity contribution in [2.45, 2.75) is 0 Å². The maximum absolute atomic E-state index is 6.79. The summed E-state index contributed by atoms with van der Waals surface area (Å²) < 4.78 is 4.70. The Morgan fingerprint density at radius 1 is 0.286 bits per heavy atom. The fourth-order valence-electron chi connectivity index (χ4n) is 12.0. The number of hydrogen-bond acceptors (Lipinski definition) is 3. The molecule has 0 aliphatic heterocycles. The number of nitrogens with one attached hydrogen (secondary N) is 1. The third-order valence-electron chi connectivity index (χ3n) is 15.5. The molecule has 2 heterocycles. The summed E-state index contributed by atoms with van der Waals surface area (Å²) in [5.74, 6) is 0. The van der Waals surface area contributed by atoms with Crippen molar-refractivity contribution in [3.8, 4) is 33.6 Å². The van der Waals surface area contributed by atoms with E-state index in [0.717, 1.165) is 101 Å². The van der Waals surface area contributed by atoms with Crippen LogP contribution in [0.15, 0.2) is 334 Å². The van der Waals surface area contributed by atoms with Crippen molar-refractivity contribution in [2.24, 2.45) is 0 Å². The van der Waals surface area contributed by atoms with Crippen molar-refractivity contribution < 1.29 is 0 Å². The van der Waals surface area contributed by atoms with Gasteiger partial charge in [-0.3, -0.25) is 0 Å². The Morgan fingerprint density at radius 2 is 0.619 bits per heavy atom. The molecule has 2 aromatic heterocycles. The Labute approximate surface area is 494 Å². The van der Waals surface area contributed by atoms with Gasteiger partial charge in [0.2, 0.25) is 0 Å². The molecule has 5 nitrogen and oxygen atoms in total. The molecule has 0 fully saturated rings. The number of benzene rings is 13. The van der Waals surface area contributed by atoms with E-state index in [0.29, 0.717) is 5.02 Å². The van der Waals surface area contributed by atoms with Crippen LogP contribution < -0.4 is 15.1 Å². The van der Waals surface area contributed by atoms with Crippen molar-refractivity contribution in [3.63, 3.8) is 0 Å². The predicted molar refractivity (Wildman–Crippen MR) is 357 cm³/mol. The zero-order chi connectivity index (χ0) is 56.2. The van der Waals surface area contributed by atoms with Crippen molar-refractivity contribution in [2.75, 3.05) is 15.1 Å². The lowest BCUT2D eigenvalue weighted by Crippen LogP contribution is -2.11. The minimum Gasteiger partial charge on any atom is -0.354 e. The highest BCUT2D eigenvalue weighted by Gasteiger charge is 2.25. The van der Waals surface area contributed by atoms with Gasteiger partial charge in [0.1, 0.15) is 0 Å². The molecule has 0 unspecified atom stereocenters. The number of halogens is 1. The highest BCUT2D eigenvalue weighted by atomic mass is 35.5. The Balaban J connectivity index is 0.000000164. The molecule has 6 heteroatoms. The Hall–Kier alpha value is -10.9. The average molecular weight is 1100 g/mol. The summed E-state index contributed by atoms with van der Waals surface area (Å²) in [6.07, 6.45) is 0. The van der Waals surface area contributed by atoms with Crippen LogP contribution in [-0.4, -0.2) is 9.13 Å². The molecule has 0 atom stereocenters. The van der Waals surface area contributed by atoms with Gasteiger partial charge in [-0.2, -0.15) is 0 Å². The molecule has 0 aliphatic rings. The molecule has 400 valence electrons. The lowest BCUT2D eigenvalue weighted by atomic mass is 9.95. The second-order valence-corrected chi connectivity index (χ2v) is 21.1. The minimum atomic E-state index is 0.703. The van der Waals surface area contributed by atoms with Crippen molar-refractivity contribution in [1.82, 2.24) is 9.13 Å². The van der Waals surface area contributed by atoms with Crippen molar-refractivity contribution >= 4 is 101 Å². The summed E-state index contributed by atoms with van der Waals surface area (Å²) in [6, 6.07) is 117. The van der Waals surface area contributed by atoms with E-state index in [4.69, 9.17) is 11.6 Å². The smallest absolute Gasteiger partial charge is 0.0582 e. The highest BCUT2D eigenvalue weighted by Crippen LogP contribution is 2.49. The van der Waals surface area contributed by atoms with Crippen LogP contribution in [0.3, 0.4) is 0 Å². The number of anilines is 8. The van der Waals surface area contributed by atoms with E-state index in [1.54, 1.807) is 0 Å². The van der Waals surface area contributed by atoms with Crippen LogP contribution in [0.25, 0.3) is 77.2 Å². The lowest BCUT2D eigenvalue weighted by molar-refractivity contribution is 1.18. The Morgan fingerprint density at radius 3 is 1.02 bits per heavy atom. The van der Waals surface area contributed by atoms with E-state index in [1.165, 1.54) is 21.5 Å². The first-order valence-corrected chi connectivity index (χ1v) is 28.7. The zero-order valence-electron chi connectivity index (χ0n) is 45.9. The van der Waals surface area contributed by atoms with Gasteiger partial charge in [-0.25, -0.2) is 0 Å². The number of hydrogen-bond donors (Lipinski definition) is 1. The van der Waals surface area contributed by atoms with Gasteiger partial charge in [0, 0.05) is 77.5 Å². The van der Waals surface area contributed by atoms with Gasteiger partial charge >= 0.3 is 0 Å². The van der Waals surface area contributed by atoms with E-state index >= 15 is 0 Å². The molecular weight excluding hydrogens is 1040 g/mol. The van der Waals surface area contributed by atoms with E-state index in [2.05, 4.69) is 340 Å². The third kappa shape index (κ3) is 9.79. The maximum Gasteiger partial charge on any atom is 0.0582 e. The third-order valence-corrected chi connectivity index (χ3v) is 15.8. The molecule has 15 rings (SSSR count). The monoisotopic (exact) mass is 1100 g/mol. The van der Waals surface area contributed by atoms with E-state index in [-0.39, 0.29) is 0 Å². The predicted octanol–water partition coefficient (Wildman–Crippen LogP) is 22.2. The molecule has 13 aromatic carbocycles. The summed E-state index contributed by atoms with van der Waals surface area (Å²) in [4.78, 5) is 4.67. The first kappa shape index (κ1) is 51.3. The normalized spacial score (nSPS) is 11.2. The molecule has 0 bridgehead atoms. The van der Waals surface area contributed by atoms with Crippen LogP contribution in [0.1, 0.15) is 0 Å². The van der Waals surface area contributed by atoms with Gasteiger partial charge in [0.25, 0.3) is 0 Å². The minimum absolute atomic E-state index is 0.703. The SMILES string of the molecule is Clc1cc(N(c2ccccc2)c2ccccc2)c2c3ccccc3n(-c3ccccc3)c2c1.c1ccc(-c2cccc(-c3ccccc3)c2Nc2cc(N(c3ccccc3)c3ccccc3)c3c4ccccc4n(-c4ccccc4)c3c2)cc1. The fraction of sp³-hybridized carbons (Fsp3) is 0. The van der Waals surface area contributed by atoms with Crippen LogP contribution in [-0.2, 0) is 0 Å². The first-order chi connectivity index (χ1) is 41.6.